The zero-order valence-electron chi connectivity index (χ0n) is 15.3. The summed E-state index contributed by atoms with van der Waals surface area (Å²) >= 11 is 1.38. The van der Waals surface area contributed by atoms with Crippen LogP contribution in [-0.2, 0) is 4.79 Å². The van der Waals surface area contributed by atoms with E-state index in [2.05, 4.69) is 16.4 Å². The molecule has 1 aliphatic rings. The van der Waals surface area contributed by atoms with Gasteiger partial charge in [-0.3, -0.25) is 9.59 Å². The van der Waals surface area contributed by atoms with Gasteiger partial charge in [-0.15, -0.1) is 11.3 Å². The molecule has 7 heteroatoms. The van der Waals surface area contributed by atoms with Gasteiger partial charge in [0.2, 0.25) is 5.91 Å². The summed E-state index contributed by atoms with van der Waals surface area (Å²) in [5.41, 5.74) is 1.70. The molecule has 0 unspecified atom stereocenters. The summed E-state index contributed by atoms with van der Waals surface area (Å²) in [6, 6.07) is 9.34. The van der Waals surface area contributed by atoms with Gasteiger partial charge in [0.25, 0.3) is 0 Å². The first kappa shape index (κ1) is 19.1. The first-order valence-electron chi connectivity index (χ1n) is 9.10. The highest BCUT2D eigenvalue weighted by atomic mass is 32.1. The van der Waals surface area contributed by atoms with E-state index in [4.69, 9.17) is 5.26 Å². The fourth-order valence-electron chi connectivity index (χ4n) is 3.27. The van der Waals surface area contributed by atoms with Crippen LogP contribution in [0.3, 0.4) is 0 Å². The zero-order valence-corrected chi connectivity index (χ0v) is 16.1. The van der Waals surface area contributed by atoms with Crippen molar-refractivity contribution in [2.75, 3.05) is 11.4 Å². The Morgan fingerprint density at radius 2 is 2.04 bits per heavy atom. The van der Waals surface area contributed by atoms with Crippen molar-refractivity contribution in [3.05, 3.63) is 40.4 Å². The van der Waals surface area contributed by atoms with E-state index in [1.165, 1.54) is 17.8 Å². The molecule has 0 bridgehead atoms. The van der Waals surface area contributed by atoms with Crippen molar-refractivity contribution in [1.82, 2.24) is 10.3 Å². The molecular formula is C20H22N4O2S. The largest absolute Gasteiger partial charge is 0.352 e. The van der Waals surface area contributed by atoms with E-state index in [1.807, 2.05) is 6.92 Å². The second kappa shape index (κ2) is 8.78. The minimum atomic E-state index is -0.0632. The van der Waals surface area contributed by atoms with Gasteiger partial charge in [0.05, 0.1) is 11.6 Å². The van der Waals surface area contributed by atoms with Gasteiger partial charge in [-0.2, -0.15) is 5.26 Å². The predicted octanol–water partition coefficient (Wildman–Crippen LogP) is 3.72. The third-order valence-electron chi connectivity index (χ3n) is 4.74. The van der Waals surface area contributed by atoms with Crippen LogP contribution in [0, 0.1) is 18.3 Å². The monoisotopic (exact) mass is 382 g/mol. The minimum Gasteiger partial charge on any atom is -0.352 e. The lowest BCUT2D eigenvalue weighted by atomic mass is 9.95. The molecule has 140 valence electrons. The molecule has 1 heterocycles. The fourth-order valence-corrected chi connectivity index (χ4v) is 4.16. The molecule has 1 fully saturated rings. The minimum absolute atomic E-state index is 0.0632. The number of thiazole rings is 1. The number of anilines is 2. The fraction of sp³-hybridized carbons (Fsp3) is 0.400. The van der Waals surface area contributed by atoms with E-state index < -0.39 is 0 Å². The molecule has 0 atom stereocenters. The van der Waals surface area contributed by atoms with Crippen LogP contribution in [0.15, 0.2) is 24.3 Å². The number of hydrogen-bond donors (Lipinski definition) is 1. The molecule has 1 aromatic carbocycles. The number of aromatic nitrogens is 1. The highest BCUT2D eigenvalue weighted by Gasteiger charge is 2.21. The molecule has 0 radical (unpaired) electrons. The van der Waals surface area contributed by atoms with E-state index in [-0.39, 0.29) is 18.5 Å². The Kier molecular flexibility index (Phi) is 6.20. The summed E-state index contributed by atoms with van der Waals surface area (Å²) in [6.07, 6.45) is 6.31. The maximum Gasteiger partial charge on any atom is 0.240 e. The maximum absolute atomic E-state index is 12.7. The molecule has 0 spiro atoms. The van der Waals surface area contributed by atoms with Crippen LogP contribution in [-0.4, -0.2) is 29.8 Å². The summed E-state index contributed by atoms with van der Waals surface area (Å²) in [7, 11) is 0. The molecule has 6 nitrogen and oxygen atoms in total. The molecule has 27 heavy (non-hydrogen) atoms. The van der Waals surface area contributed by atoms with E-state index in [0.29, 0.717) is 16.4 Å². The van der Waals surface area contributed by atoms with E-state index in [0.717, 1.165) is 42.5 Å². The number of benzene rings is 1. The molecule has 3 rings (SSSR count). The Balaban J connectivity index is 1.83. The van der Waals surface area contributed by atoms with Gasteiger partial charge in [-0.05, 0) is 44.0 Å². The van der Waals surface area contributed by atoms with Gasteiger partial charge in [-0.25, -0.2) is 4.98 Å². The molecule has 1 aliphatic carbocycles. The van der Waals surface area contributed by atoms with E-state index >= 15 is 0 Å². The quantitative estimate of drug-likeness (QED) is 0.770. The zero-order chi connectivity index (χ0) is 19.2. The predicted molar refractivity (Wildman–Crippen MR) is 105 cm³/mol. The average molecular weight is 382 g/mol. The van der Waals surface area contributed by atoms with Crippen LogP contribution in [0.5, 0.6) is 0 Å². The van der Waals surface area contributed by atoms with Crippen molar-refractivity contribution in [3.63, 3.8) is 0 Å². The topological polar surface area (TPSA) is 86.1 Å². The lowest BCUT2D eigenvalue weighted by molar-refractivity contribution is -0.120. The van der Waals surface area contributed by atoms with Crippen molar-refractivity contribution >= 4 is 34.3 Å². The Labute approximate surface area is 162 Å². The number of carbonyl (C=O) groups excluding carboxylic acids is 2. The Morgan fingerprint density at radius 3 is 2.63 bits per heavy atom. The summed E-state index contributed by atoms with van der Waals surface area (Å²) < 4.78 is 0. The number of aldehydes is 1. The van der Waals surface area contributed by atoms with Gasteiger partial charge < -0.3 is 10.2 Å². The molecule has 1 aromatic heterocycles. The van der Waals surface area contributed by atoms with Gasteiger partial charge >= 0.3 is 0 Å². The number of nitrogens with zero attached hydrogens (tertiary/aromatic N) is 3. The summed E-state index contributed by atoms with van der Waals surface area (Å²) in [5.74, 6) is -0.0632. The number of carbonyl (C=O) groups is 2. The van der Waals surface area contributed by atoms with Crippen LogP contribution in [0.1, 0.15) is 53.0 Å². The number of hydrogen-bond acceptors (Lipinski definition) is 6. The van der Waals surface area contributed by atoms with Crippen molar-refractivity contribution in [3.8, 4) is 6.07 Å². The average Bonchev–Trinajstić information content (AvgIpc) is 3.07. The van der Waals surface area contributed by atoms with Crippen LogP contribution < -0.4 is 10.2 Å². The number of amides is 1. The summed E-state index contributed by atoms with van der Waals surface area (Å²) in [5, 5.41) is 12.7. The van der Waals surface area contributed by atoms with Crippen LogP contribution in [0.25, 0.3) is 0 Å². The summed E-state index contributed by atoms with van der Waals surface area (Å²) in [4.78, 5) is 30.8. The van der Waals surface area contributed by atoms with Crippen molar-refractivity contribution < 1.29 is 9.59 Å². The number of nitrogens with one attached hydrogen (secondary N) is 1. The molecule has 1 amide bonds. The van der Waals surface area contributed by atoms with Crippen molar-refractivity contribution in [1.29, 1.82) is 5.26 Å². The number of nitriles is 1. The molecule has 2 aromatic rings. The molecule has 1 saturated carbocycles. The third kappa shape index (κ3) is 4.72. The maximum atomic E-state index is 12.7. The Hall–Kier alpha value is -2.72. The summed E-state index contributed by atoms with van der Waals surface area (Å²) in [6.45, 7) is 1.96. The highest BCUT2D eigenvalue weighted by molar-refractivity contribution is 7.15. The van der Waals surface area contributed by atoms with Crippen LogP contribution >= 0.6 is 11.3 Å². The smallest absolute Gasteiger partial charge is 0.240 e. The number of aryl methyl sites for hydroxylation is 1. The lowest BCUT2D eigenvalue weighted by Crippen LogP contribution is -2.41. The normalized spacial score (nSPS) is 14.4. The van der Waals surface area contributed by atoms with Crippen molar-refractivity contribution in [2.45, 2.75) is 45.1 Å². The van der Waals surface area contributed by atoms with E-state index in [9.17, 15) is 9.59 Å². The number of rotatable bonds is 6. The first-order chi connectivity index (χ1) is 13.1. The molecular weight excluding hydrogens is 360 g/mol. The van der Waals surface area contributed by atoms with Crippen LogP contribution in [0.4, 0.5) is 10.8 Å². The molecule has 0 saturated heterocycles. The van der Waals surface area contributed by atoms with Crippen LogP contribution in [0.2, 0.25) is 0 Å². The second-order valence-corrected chi connectivity index (χ2v) is 7.88. The van der Waals surface area contributed by atoms with Gasteiger partial charge in [0.1, 0.15) is 12.2 Å². The highest BCUT2D eigenvalue weighted by Crippen LogP contribution is 2.31. The Morgan fingerprint density at radius 1 is 1.33 bits per heavy atom. The second-order valence-electron chi connectivity index (χ2n) is 6.70. The van der Waals surface area contributed by atoms with Gasteiger partial charge in [0.15, 0.2) is 11.4 Å². The third-order valence-corrected chi connectivity index (χ3v) is 5.75. The van der Waals surface area contributed by atoms with Gasteiger partial charge in [-0.1, -0.05) is 19.3 Å². The SMILES string of the molecule is Cc1sc(N(CC(=O)NC2CCCCC2)c2ccc(C#N)cc2)nc1C=O. The lowest BCUT2D eigenvalue weighted by Gasteiger charge is -2.26. The van der Waals surface area contributed by atoms with E-state index in [1.54, 1.807) is 29.2 Å². The first-order valence-corrected chi connectivity index (χ1v) is 9.92. The Bertz CT molecular complexity index is 848. The molecule has 0 aliphatic heterocycles. The van der Waals surface area contributed by atoms with Gasteiger partial charge in [0, 0.05) is 16.6 Å². The van der Waals surface area contributed by atoms with Crippen molar-refractivity contribution in [2.24, 2.45) is 0 Å². The molecule has 1 N–H and O–H groups in total. The standard InChI is InChI=1S/C20H22N4O2S/c1-14-18(13-25)23-20(27-14)24(17-9-7-15(11-21)8-10-17)12-19(26)22-16-5-3-2-4-6-16/h7-10,13,16H,2-6,12H2,1H3,(H,22,26).